The van der Waals surface area contributed by atoms with Gasteiger partial charge in [-0.2, -0.15) is 0 Å². The van der Waals surface area contributed by atoms with E-state index in [1.165, 1.54) is 0 Å². The summed E-state index contributed by atoms with van der Waals surface area (Å²) in [5.41, 5.74) is 2.90. The highest BCUT2D eigenvalue weighted by Crippen LogP contribution is 2.35. The first-order valence-electron chi connectivity index (χ1n) is 16.3. The Labute approximate surface area is 262 Å². The van der Waals surface area contributed by atoms with Gasteiger partial charge >= 0.3 is 0 Å². The molecular weight excluding hydrogens is 570 g/mol. The molecule has 1 unspecified atom stereocenters. The van der Waals surface area contributed by atoms with Crippen LogP contribution in [0.3, 0.4) is 0 Å². The number of anilines is 2. The lowest BCUT2D eigenvalue weighted by Gasteiger charge is -2.24. The van der Waals surface area contributed by atoms with Crippen LogP contribution in [-0.4, -0.2) is 63.6 Å². The minimum atomic E-state index is -0.413. The Kier molecular flexibility index (Phi) is 8.12. The molecule has 2 saturated carbocycles. The second-order valence-corrected chi connectivity index (χ2v) is 12.9. The summed E-state index contributed by atoms with van der Waals surface area (Å²) < 4.78 is 6.04. The molecule has 0 bridgehead atoms. The fourth-order valence-electron chi connectivity index (χ4n) is 6.45. The van der Waals surface area contributed by atoms with Gasteiger partial charge in [0, 0.05) is 48.4 Å². The maximum atomic E-state index is 13.0. The molecule has 2 N–H and O–H groups in total. The van der Waals surface area contributed by atoms with Gasteiger partial charge in [0.25, 0.3) is 0 Å². The second-order valence-electron chi connectivity index (χ2n) is 12.9. The van der Waals surface area contributed by atoms with E-state index in [2.05, 4.69) is 15.6 Å². The summed E-state index contributed by atoms with van der Waals surface area (Å²) >= 11 is 0. The van der Waals surface area contributed by atoms with Crippen LogP contribution in [0.2, 0.25) is 0 Å². The molecule has 10 nitrogen and oxygen atoms in total. The molecule has 1 aromatic heterocycles. The third-order valence-electron chi connectivity index (χ3n) is 9.41. The first-order valence-corrected chi connectivity index (χ1v) is 16.3. The maximum Gasteiger partial charge on any atom is 0.247 e. The van der Waals surface area contributed by atoms with Crippen LogP contribution in [0.1, 0.15) is 64.2 Å². The Balaban J connectivity index is 0.936. The highest BCUT2D eigenvalue weighted by molar-refractivity contribution is 5.98. The Morgan fingerprint density at radius 1 is 0.667 bits per heavy atom. The number of rotatable bonds is 10. The first-order chi connectivity index (χ1) is 21.9. The highest BCUT2D eigenvalue weighted by Gasteiger charge is 2.37. The van der Waals surface area contributed by atoms with Gasteiger partial charge in [-0.3, -0.25) is 19.2 Å². The van der Waals surface area contributed by atoms with Crippen molar-refractivity contribution >= 4 is 35.0 Å². The average molecular weight is 610 g/mol. The molecule has 3 aromatic rings. The molecule has 2 saturated heterocycles. The zero-order valence-electron chi connectivity index (χ0n) is 25.4. The number of benzene rings is 2. The molecular formula is C35H39N5O5. The van der Waals surface area contributed by atoms with Gasteiger partial charge < -0.3 is 24.9 Å². The van der Waals surface area contributed by atoms with E-state index in [-0.39, 0.29) is 23.6 Å². The number of aromatic nitrogens is 1. The molecule has 0 spiro atoms. The van der Waals surface area contributed by atoms with Gasteiger partial charge in [-0.15, -0.1) is 0 Å². The van der Waals surface area contributed by atoms with E-state index in [1.807, 2.05) is 48.5 Å². The standard InChI is InChI=1S/C35H39N5O5/c41-31(19-22-5-6-22)39-17-1-3-28(39)33(43)37-26-13-9-24(10-14-26)30-21-36-35(45-30)25-11-15-27(16-12-25)38-34(44)29-4-2-18-40(29)32(42)20-23-7-8-23/h9-16,21-23,28-29H,1-8,17-20H2,(H,37,43)(H,38,44)/t28-,29?/m0/s1. The molecule has 4 amide bonds. The summed E-state index contributed by atoms with van der Waals surface area (Å²) in [6.45, 7) is 1.30. The van der Waals surface area contributed by atoms with Crippen molar-refractivity contribution in [3.8, 4) is 22.8 Å². The number of likely N-dealkylation sites (tertiary alicyclic amines) is 2. The number of oxazole rings is 1. The van der Waals surface area contributed by atoms with Gasteiger partial charge in [-0.1, -0.05) is 0 Å². The Bertz CT molecular complexity index is 1460. The number of hydrogen-bond acceptors (Lipinski definition) is 6. The highest BCUT2D eigenvalue weighted by atomic mass is 16.4. The molecule has 2 aliphatic carbocycles. The summed E-state index contributed by atoms with van der Waals surface area (Å²) in [4.78, 5) is 59.2. The molecule has 10 heteroatoms. The summed E-state index contributed by atoms with van der Waals surface area (Å²) in [6, 6.07) is 13.9. The van der Waals surface area contributed by atoms with Gasteiger partial charge in [0.05, 0.1) is 6.20 Å². The summed E-state index contributed by atoms with van der Waals surface area (Å²) in [5, 5.41) is 5.94. The molecule has 2 aliphatic heterocycles. The minimum Gasteiger partial charge on any atom is -0.436 e. The van der Waals surface area contributed by atoms with Gasteiger partial charge in [0.2, 0.25) is 29.5 Å². The van der Waals surface area contributed by atoms with Gasteiger partial charge in [0.1, 0.15) is 12.1 Å². The smallest absolute Gasteiger partial charge is 0.247 e. The topological polar surface area (TPSA) is 125 Å². The number of amides is 4. The molecule has 45 heavy (non-hydrogen) atoms. The van der Waals surface area contributed by atoms with Crippen LogP contribution in [0.4, 0.5) is 11.4 Å². The summed E-state index contributed by atoms with van der Waals surface area (Å²) in [6.07, 6.45) is 10.3. The number of hydrogen-bond donors (Lipinski definition) is 2. The maximum absolute atomic E-state index is 13.0. The van der Waals surface area contributed by atoms with Crippen LogP contribution in [0.25, 0.3) is 22.8 Å². The van der Waals surface area contributed by atoms with Gasteiger partial charge in [0.15, 0.2) is 5.76 Å². The molecule has 7 rings (SSSR count). The second kappa shape index (κ2) is 12.5. The number of carbonyl (C=O) groups is 4. The Morgan fingerprint density at radius 2 is 1.13 bits per heavy atom. The largest absolute Gasteiger partial charge is 0.436 e. The third kappa shape index (κ3) is 6.79. The Morgan fingerprint density at radius 3 is 1.60 bits per heavy atom. The molecule has 2 atom stereocenters. The number of carbonyl (C=O) groups excluding carboxylic acids is 4. The van der Waals surface area contributed by atoms with Crippen molar-refractivity contribution in [2.75, 3.05) is 23.7 Å². The molecule has 4 fully saturated rings. The summed E-state index contributed by atoms with van der Waals surface area (Å²) in [7, 11) is 0. The van der Waals surface area contributed by atoms with E-state index in [0.29, 0.717) is 73.6 Å². The van der Waals surface area contributed by atoms with Crippen molar-refractivity contribution in [3.05, 3.63) is 54.7 Å². The predicted octanol–water partition coefficient (Wildman–Crippen LogP) is 5.47. The van der Waals surface area contributed by atoms with E-state index in [1.54, 1.807) is 16.0 Å². The summed E-state index contributed by atoms with van der Waals surface area (Å²) in [5.74, 6) is 1.94. The van der Waals surface area contributed by atoms with E-state index in [4.69, 9.17) is 4.42 Å². The molecule has 234 valence electrons. The molecule has 2 aromatic carbocycles. The lowest BCUT2D eigenvalue weighted by molar-refractivity contribution is -0.137. The zero-order chi connectivity index (χ0) is 30.9. The van der Waals surface area contributed by atoms with Crippen molar-refractivity contribution in [1.82, 2.24) is 14.8 Å². The third-order valence-corrected chi connectivity index (χ3v) is 9.41. The normalized spacial score (nSPS) is 21.2. The van der Waals surface area contributed by atoms with Crippen molar-refractivity contribution in [2.24, 2.45) is 11.8 Å². The fraction of sp³-hybridized carbons (Fsp3) is 0.457. The van der Waals surface area contributed by atoms with Crippen molar-refractivity contribution in [1.29, 1.82) is 0 Å². The minimum absolute atomic E-state index is 0.0945. The van der Waals surface area contributed by atoms with Crippen LogP contribution < -0.4 is 10.6 Å². The van der Waals surface area contributed by atoms with Gasteiger partial charge in [-0.25, -0.2) is 4.98 Å². The van der Waals surface area contributed by atoms with Gasteiger partial charge in [-0.05, 0) is 112 Å². The Hall–Kier alpha value is -4.47. The average Bonchev–Trinajstić information content (AvgIpc) is 3.82. The number of nitrogens with one attached hydrogen (secondary N) is 2. The first kappa shape index (κ1) is 29.3. The molecule has 0 radical (unpaired) electrons. The fourth-order valence-corrected chi connectivity index (χ4v) is 6.45. The van der Waals surface area contributed by atoms with Crippen LogP contribution in [-0.2, 0) is 19.2 Å². The van der Waals surface area contributed by atoms with E-state index in [0.717, 1.165) is 49.7 Å². The zero-order valence-corrected chi connectivity index (χ0v) is 25.4. The van der Waals surface area contributed by atoms with E-state index >= 15 is 0 Å². The van der Waals surface area contributed by atoms with E-state index in [9.17, 15) is 19.2 Å². The monoisotopic (exact) mass is 609 g/mol. The van der Waals surface area contributed by atoms with Crippen LogP contribution in [0.15, 0.2) is 59.1 Å². The lowest BCUT2D eigenvalue weighted by Crippen LogP contribution is -2.43. The lowest BCUT2D eigenvalue weighted by atomic mass is 10.1. The predicted molar refractivity (Wildman–Crippen MR) is 169 cm³/mol. The van der Waals surface area contributed by atoms with Crippen molar-refractivity contribution < 1.29 is 23.6 Å². The van der Waals surface area contributed by atoms with Crippen LogP contribution >= 0.6 is 0 Å². The quantitative estimate of drug-likeness (QED) is 0.314. The SMILES string of the molecule is O=C(Nc1ccc(-c2ncc(-c3ccc(NC(=O)[C@@H]4CCCN4C(=O)CC4CC4)cc3)o2)cc1)C1CCCN1C(=O)CC1CC1. The van der Waals surface area contributed by atoms with Crippen molar-refractivity contribution in [3.63, 3.8) is 0 Å². The van der Waals surface area contributed by atoms with Crippen molar-refractivity contribution in [2.45, 2.75) is 76.3 Å². The van der Waals surface area contributed by atoms with E-state index < -0.39 is 12.1 Å². The molecule has 4 aliphatic rings. The number of nitrogens with zero attached hydrogens (tertiary/aromatic N) is 3. The van der Waals surface area contributed by atoms with Crippen LogP contribution in [0, 0.1) is 11.8 Å². The van der Waals surface area contributed by atoms with Crippen LogP contribution in [0.5, 0.6) is 0 Å². The molecule has 3 heterocycles.